The van der Waals surface area contributed by atoms with Gasteiger partial charge in [0.05, 0.1) is 19.3 Å². The smallest absolute Gasteiger partial charge is 0.408 e. The number of ether oxygens (including phenoxy) is 2. The number of esters is 1. The summed E-state index contributed by atoms with van der Waals surface area (Å²) in [5, 5.41) is 10.6. The lowest BCUT2D eigenvalue weighted by atomic mass is 10.1. The second-order valence-electron chi connectivity index (χ2n) is 6.82. The number of benzene rings is 1. The molecule has 1 heterocycles. The van der Waals surface area contributed by atoms with Crippen LogP contribution in [0.3, 0.4) is 0 Å². The number of alkyl carbamates (subject to hydrolysis) is 1. The number of amides is 1. The first-order valence-electron chi connectivity index (χ1n) is 8.27. The standard InChI is InChI=1S/C18H24N4O4/c1-18(2,3)26-17(24)19-15(16(23)25-4)10-14-12-22(21-20-14)11-13-8-6-5-7-9-13/h5-9,12,15H,10-11H2,1-4H3,(H,19,24). The van der Waals surface area contributed by atoms with E-state index in [-0.39, 0.29) is 6.42 Å². The van der Waals surface area contributed by atoms with E-state index in [1.54, 1.807) is 31.6 Å². The van der Waals surface area contributed by atoms with Crippen molar-refractivity contribution in [1.82, 2.24) is 20.3 Å². The second-order valence-corrected chi connectivity index (χ2v) is 6.82. The van der Waals surface area contributed by atoms with E-state index in [2.05, 4.69) is 15.6 Å². The zero-order chi connectivity index (χ0) is 19.2. The van der Waals surface area contributed by atoms with Crippen LogP contribution < -0.4 is 5.32 Å². The summed E-state index contributed by atoms with van der Waals surface area (Å²) in [4.78, 5) is 23.9. The topological polar surface area (TPSA) is 95.3 Å². The zero-order valence-electron chi connectivity index (χ0n) is 15.4. The summed E-state index contributed by atoms with van der Waals surface area (Å²) in [6.07, 6.45) is 1.20. The summed E-state index contributed by atoms with van der Waals surface area (Å²) in [6, 6.07) is 8.91. The van der Waals surface area contributed by atoms with Crippen LogP contribution in [0, 0.1) is 0 Å². The summed E-state index contributed by atoms with van der Waals surface area (Å²) in [7, 11) is 1.26. The Kier molecular flexibility index (Phi) is 6.32. The number of hydrogen-bond acceptors (Lipinski definition) is 6. The molecule has 0 aliphatic rings. The Morgan fingerprint density at radius 1 is 1.23 bits per heavy atom. The predicted octanol–water partition coefficient (Wildman–Crippen LogP) is 1.94. The lowest BCUT2D eigenvalue weighted by molar-refractivity contribution is -0.143. The van der Waals surface area contributed by atoms with Gasteiger partial charge in [0.15, 0.2) is 0 Å². The second kappa shape index (κ2) is 8.46. The maximum atomic E-state index is 12.0. The van der Waals surface area contributed by atoms with Gasteiger partial charge in [-0.15, -0.1) is 5.10 Å². The molecule has 0 bridgehead atoms. The molecule has 1 aromatic carbocycles. The van der Waals surface area contributed by atoms with Gasteiger partial charge in [0, 0.05) is 12.6 Å². The summed E-state index contributed by atoms with van der Waals surface area (Å²) < 4.78 is 11.6. The highest BCUT2D eigenvalue weighted by molar-refractivity contribution is 5.81. The minimum Gasteiger partial charge on any atom is -0.467 e. The molecular formula is C18H24N4O4. The van der Waals surface area contributed by atoms with Crippen molar-refractivity contribution in [2.45, 2.75) is 45.4 Å². The van der Waals surface area contributed by atoms with Gasteiger partial charge in [0.1, 0.15) is 11.6 Å². The number of aromatic nitrogens is 3. The first-order chi connectivity index (χ1) is 12.3. The maximum absolute atomic E-state index is 12.0. The third kappa shape index (κ3) is 6.19. The fourth-order valence-electron chi connectivity index (χ4n) is 2.27. The zero-order valence-corrected chi connectivity index (χ0v) is 15.4. The van der Waals surface area contributed by atoms with Gasteiger partial charge in [-0.3, -0.25) is 0 Å². The minimum absolute atomic E-state index is 0.153. The number of hydrogen-bond donors (Lipinski definition) is 1. The number of methoxy groups -OCH3 is 1. The van der Waals surface area contributed by atoms with E-state index in [1.807, 2.05) is 30.3 Å². The fourth-order valence-corrected chi connectivity index (χ4v) is 2.27. The molecule has 1 unspecified atom stereocenters. The molecule has 0 aliphatic heterocycles. The summed E-state index contributed by atoms with van der Waals surface area (Å²) in [6.45, 7) is 5.80. The molecule has 0 saturated heterocycles. The van der Waals surface area contributed by atoms with Crippen LogP contribution in [0.2, 0.25) is 0 Å². The van der Waals surface area contributed by atoms with E-state index in [0.29, 0.717) is 12.2 Å². The third-order valence-electron chi connectivity index (χ3n) is 3.36. The van der Waals surface area contributed by atoms with Crippen molar-refractivity contribution in [3.8, 4) is 0 Å². The lowest BCUT2D eigenvalue weighted by Crippen LogP contribution is -2.45. The normalized spacial score (nSPS) is 12.3. The van der Waals surface area contributed by atoms with Gasteiger partial charge in [0.2, 0.25) is 0 Å². The molecule has 0 spiro atoms. The van der Waals surface area contributed by atoms with E-state index in [4.69, 9.17) is 9.47 Å². The van der Waals surface area contributed by atoms with Crippen LogP contribution >= 0.6 is 0 Å². The molecule has 140 valence electrons. The number of rotatable bonds is 6. The van der Waals surface area contributed by atoms with Gasteiger partial charge in [-0.05, 0) is 26.3 Å². The van der Waals surface area contributed by atoms with E-state index < -0.39 is 23.7 Å². The molecule has 1 amide bonds. The minimum atomic E-state index is -0.906. The van der Waals surface area contributed by atoms with Crippen LogP contribution in [-0.4, -0.2) is 45.8 Å². The molecule has 0 radical (unpaired) electrons. The van der Waals surface area contributed by atoms with Crippen molar-refractivity contribution in [3.63, 3.8) is 0 Å². The quantitative estimate of drug-likeness (QED) is 0.791. The molecule has 1 atom stereocenters. The first kappa shape index (κ1) is 19.4. The first-order valence-corrected chi connectivity index (χ1v) is 8.27. The van der Waals surface area contributed by atoms with Crippen molar-refractivity contribution in [2.24, 2.45) is 0 Å². The Bertz CT molecular complexity index is 737. The summed E-state index contributed by atoms with van der Waals surface area (Å²) in [5.74, 6) is -0.575. The van der Waals surface area contributed by atoms with E-state index >= 15 is 0 Å². The van der Waals surface area contributed by atoms with E-state index in [1.165, 1.54) is 7.11 Å². The van der Waals surface area contributed by atoms with Crippen LogP contribution in [0.25, 0.3) is 0 Å². The molecule has 8 heteroatoms. The Labute approximate surface area is 152 Å². The van der Waals surface area contributed by atoms with E-state index in [9.17, 15) is 9.59 Å². The van der Waals surface area contributed by atoms with Crippen molar-refractivity contribution in [3.05, 3.63) is 47.8 Å². The molecular weight excluding hydrogens is 336 g/mol. The van der Waals surface area contributed by atoms with Crippen LogP contribution in [0.4, 0.5) is 4.79 Å². The molecule has 1 aromatic heterocycles. The van der Waals surface area contributed by atoms with Gasteiger partial charge >= 0.3 is 12.1 Å². The average Bonchev–Trinajstić information content (AvgIpc) is 2.99. The highest BCUT2D eigenvalue weighted by Crippen LogP contribution is 2.09. The highest BCUT2D eigenvalue weighted by atomic mass is 16.6. The van der Waals surface area contributed by atoms with Crippen LogP contribution in [0.15, 0.2) is 36.5 Å². The summed E-state index contributed by atoms with van der Waals surface area (Å²) in [5.41, 5.74) is 0.983. The van der Waals surface area contributed by atoms with Gasteiger partial charge in [-0.25, -0.2) is 14.3 Å². The maximum Gasteiger partial charge on any atom is 0.408 e. The number of nitrogens with zero attached hydrogens (tertiary/aromatic N) is 3. The Morgan fingerprint density at radius 2 is 1.92 bits per heavy atom. The van der Waals surface area contributed by atoms with Crippen molar-refractivity contribution in [2.75, 3.05) is 7.11 Å². The number of nitrogens with one attached hydrogen (secondary N) is 1. The largest absolute Gasteiger partial charge is 0.467 e. The fraction of sp³-hybridized carbons (Fsp3) is 0.444. The average molecular weight is 360 g/mol. The predicted molar refractivity (Wildman–Crippen MR) is 94.4 cm³/mol. The van der Waals surface area contributed by atoms with Crippen LogP contribution in [0.1, 0.15) is 32.0 Å². The van der Waals surface area contributed by atoms with Gasteiger partial charge in [-0.1, -0.05) is 35.5 Å². The lowest BCUT2D eigenvalue weighted by Gasteiger charge is -2.22. The number of carbonyl (C=O) groups excluding carboxylic acids is 2. The Balaban J connectivity index is 2.02. The van der Waals surface area contributed by atoms with Crippen LogP contribution in [-0.2, 0) is 27.2 Å². The number of carbonyl (C=O) groups is 2. The van der Waals surface area contributed by atoms with Crippen molar-refractivity contribution >= 4 is 12.1 Å². The molecule has 0 fully saturated rings. The Hall–Kier alpha value is -2.90. The summed E-state index contributed by atoms with van der Waals surface area (Å²) >= 11 is 0. The molecule has 1 N–H and O–H groups in total. The van der Waals surface area contributed by atoms with Gasteiger partial charge in [0.25, 0.3) is 0 Å². The molecule has 26 heavy (non-hydrogen) atoms. The monoisotopic (exact) mass is 360 g/mol. The Morgan fingerprint density at radius 3 is 2.54 bits per heavy atom. The molecule has 2 aromatic rings. The SMILES string of the molecule is COC(=O)C(Cc1cn(Cc2ccccc2)nn1)NC(=O)OC(C)(C)C. The third-order valence-corrected chi connectivity index (χ3v) is 3.36. The molecule has 0 aliphatic carbocycles. The molecule has 0 saturated carbocycles. The highest BCUT2D eigenvalue weighted by Gasteiger charge is 2.26. The molecule has 2 rings (SSSR count). The van der Waals surface area contributed by atoms with Crippen molar-refractivity contribution < 1.29 is 19.1 Å². The van der Waals surface area contributed by atoms with Gasteiger partial charge in [-0.2, -0.15) is 0 Å². The van der Waals surface area contributed by atoms with Crippen molar-refractivity contribution in [1.29, 1.82) is 0 Å². The molecule has 8 nitrogen and oxygen atoms in total. The van der Waals surface area contributed by atoms with Crippen LogP contribution in [0.5, 0.6) is 0 Å². The van der Waals surface area contributed by atoms with Gasteiger partial charge < -0.3 is 14.8 Å². The van der Waals surface area contributed by atoms with E-state index in [0.717, 1.165) is 5.56 Å².